The van der Waals surface area contributed by atoms with Crippen LogP contribution < -0.4 is 15.4 Å². The number of imide groups is 1. The quantitative estimate of drug-likeness (QED) is 0.579. The van der Waals surface area contributed by atoms with Crippen LogP contribution in [-0.4, -0.2) is 48.0 Å². The van der Waals surface area contributed by atoms with E-state index in [1.54, 1.807) is 0 Å². The van der Waals surface area contributed by atoms with Gasteiger partial charge < -0.3 is 15.4 Å². The molecule has 2 aliphatic rings. The monoisotopic (exact) mass is 387 g/mol. The molecule has 0 bridgehead atoms. The Hall–Kier alpha value is -2.57. The van der Waals surface area contributed by atoms with E-state index in [2.05, 4.69) is 10.6 Å². The lowest BCUT2D eigenvalue weighted by Crippen LogP contribution is -2.54. The van der Waals surface area contributed by atoms with Gasteiger partial charge in [-0.25, -0.2) is 4.79 Å². The van der Waals surface area contributed by atoms with Gasteiger partial charge in [0.1, 0.15) is 24.4 Å². The first-order valence-electron chi connectivity index (χ1n) is 9.94. The number of ether oxygens (including phenoxy) is 1. The zero-order chi connectivity index (χ0) is 20.3. The van der Waals surface area contributed by atoms with Crippen LogP contribution in [0.15, 0.2) is 18.2 Å². The molecule has 7 heteroatoms. The molecule has 1 aliphatic carbocycles. The van der Waals surface area contributed by atoms with E-state index < -0.39 is 11.6 Å². The fraction of sp³-hybridized carbons (Fsp3) is 0.571. The maximum Gasteiger partial charge on any atom is 0.325 e. The van der Waals surface area contributed by atoms with Gasteiger partial charge in [0.2, 0.25) is 5.91 Å². The van der Waals surface area contributed by atoms with Crippen LogP contribution in [0, 0.1) is 19.8 Å². The average Bonchev–Trinajstić information content (AvgIpc) is 2.88. The number of hydrogen-bond donors (Lipinski definition) is 2. The molecular formula is C21H29N3O4. The molecule has 2 N–H and O–H groups in total. The van der Waals surface area contributed by atoms with Gasteiger partial charge in [-0.05, 0) is 44.2 Å². The molecule has 152 valence electrons. The Labute approximate surface area is 165 Å². The number of aryl methyl sites for hydroxylation is 2. The molecule has 2 atom stereocenters. The van der Waals surface area contributed by atoms with Crippen molar-refractivity contribution in [2.24, 2.45) is 5.92 Å². The molecule has 28 heavy (non-hydrogen) atoms. The molecule has 1 aliphatic heterocycles. The van der Waals surface area contributed by atoms with Crippen LogP contribution in [0.3, 0.4) is 0 Å². The summed E-state index contributed by atoms with van der Waals surface area (Å²) in [6.45, 7) is 6.34. The van der Waals surface area contributed by atoms with Crippen LogP contribution in [-0.2, 0) is 9.59 Å². The summed E-state index contributed by atoms with van der Waals surface area (Å²) in [5.74, 6) is 0.221. The highest BCUT2D eigenvalue weighted by molar-refractivity contribution is 6.09. The van der Waals surface area contributed by atoms with Crippen LogP contribution >= 0.6 is 0 Å². The lowest BCUT2D eigenvalue weighted by Gasteiger charge is -2.36. The molecule has 2 fully saturated rings. The molecule has 3 rings (SSSR count). The Morgan fingerprint density at radius 2 is 2.11 bits per heavy atom. The minimum atomic E-state index is -0.832. The summed E-state index contributed by atoms with van der Waals surface area (Å²) in [6, 6.07) is 5.44. The largest absolute Gasteiger partial charge is 0.491 e. The normalized spacial score (nSPS) is 24.4. The van der Waals surface area contributed by atoms with E-state index in [0.717, 1.165) is 41.0 Å². The van der Waals surface area contributed by atoms with Crippen molar-refractivity contribution in [1.29, 1.82) is 0 Å². The van der Waals surface area contributed by atoms with Crippen LogP contribution in [0.25, 0.3) is 0 Å². The molecule has 7 nitrogen and oxygen atoms in total. The number of benzene rings is 1. The fourth-order valence-corrected chi connectivity index (χ4v) is 4.15. The van der Waals surface area contributed by atoms with Crippen LogP contribution in [0.5, 0.6) is 5.75 Å². The van der Waals surface area contributed by atoms with E-state index in [-0.39, 0.29) is 24.3 Å². The van der Waals surface area contributed by atoms with Crippen molar-refractivity contribution in [2.45, 2.75) is 52.0 Å². The average molecular weight is 387 g/mol. The van der Waals surface area contributed by atoms with Crippen LogP contribution in [0.2, 0.25) is 0 Å². The van der Waals surface area contributed by atoms with Crippen molar-refractivity contribution in [3.8, 4) is 5.75 Å². The minimum Gasteiger partial charge on any atom is -0.491 e. The first-order chi connectivity index (χ1) is 13.3. The highest BCUT2D eigenvalue weighted by Crippen LogP contribution is 2.38. The Balaban J connectivity index is 1.48. The number of nitrogens with one attached hydrogen (secondary N) is 2. The van der Waals surface area contributed by atoms with Crippen molar-refractivity contribution < 1.29 is 19.1 Å². The van der Waals surface area contributed by atoms with Gasteiger partial charge >= 0.3 is 6.03 Å². The third-order valence-corrected chi connectivity index (χ3v) is 5.82. The number of rotatable bonds is 6. The van der Waals surface area contributed by atoms with Crippen molar-refractivity contribution in [2.75, 3.05) is 19.7 Å². The van der Waals surface area contributed by atoms with Gasteiger partial charge in [-0.15, -0.1) is 0 Å². The first-order valence-corrected chi connectivity index (χ1v) is 9.94. The molecular weight excluding hydrogens is 358 g/mol. The minimum absolute atomic E-state index is 0.0805. The van der Waals surface area contributed by atoms with Crippen LogP contribution in [0.4, 0.5) is 4.79 Å². The molecule has 0 radical (unpaired) electrons. The lowest BCUT2D eigenvalue weighted by atomic mass is 9.73. The molecule has 4 amide bonds. The van der Waals surface area contributed by atoms with Crippen molar-refractivity contribution in [3.63, 3.8) is 0 Å². The number of nitrogens with zero attached hydrogens (tertiary/aromatic N) is 1. The predicted molar refractivity (Wildman–Crippen MR) is 105 cm³/mol. The van der Waals surface area contributed by atoms with Gasteiger partial charge in [0, 0.05) is 0 Å². The van der Waals surface area contributed by atoms with E-state index in [0.29, 0.717) is 19.6 Å². The van der Waals surface area contributed by atoms with Crippen molar-refractivity contribution >= 4 is 17.8 Å². The summed E-state index contributed by atoms with van der Waals surface area (Å²) < 4.78 is 5.68. The Morgan fingerprint density at radius 1 is 1.32 bits per heavy atom. The van der Waals surface area contributed by atoms with Gasteiger partial charge in [0.05, 0.1) is 6.54 Å². The molecule has 0 unspecified atom stereocenters. The maximum absolute atomic E-state index is 12.9. The summed E-state index contributed by atoms with van der Waals surface area (Å²) >= 11 is 0. The third-order valence-electron chi connectivity index (χ3n) is 5.82. The second kappa shape index (κ2) is 8.20. The van der Waals surface area contributed by atoms with Gasteiger partial charge in [-0.3, -0.25) is 14.5 Å². The van der Waals surface area contributed by atoms with Crippen molar-refractivity contribution in [1.82, 2.24) is 15.5 Å². The summed E-state index contributed by atoms with van der Waals surface area (Å²) in [5, 5.41) is 5.57. The summed E-state index contributed by atoms with van der Waals surface area (Å²) in [7, 11) is 0. The van der Waals surface area contributed by atoms with E-state index in [9.17, 15) is 14.4 Å². The van der Waals surface area contributed by atoms with Gasteiger partial charge in [0.15, 0.2) is 0 Å². The topological polar surface area (TPSA) is 87.7 Å². The highest BCUT2D eigenvalue weighted by Gasteiger charge is 2.55. The standard InChI is InChI=1S/C21H29N3O4/c1-14-7-8-17(15(2)12-14)28-11-10-22-18(25)13-24-19(26)21(23-20(24)27)9-5-4-6-16(21)3/h7-8,12,16H,4-6,9-11,13H2,1-3H3,(H,22,25)(H,23,27)/t16-,21-/m0/s1. The molecule has 1 aromatic rings. The predicted octanol–water partition coefficient (Wildman–Crippen LogP) is 2.30. The maximum atomic E-state index is 12.9. The fourth-order valence-electron chi connectivity index (χ4n) is 4.15. The first kappa shape index (κ1) is 20.2. The summed E-state index contributed by atoms with van der Waals surface area (Å²) in [5.41, 5.74) is 1.37. The Morgan fingerprint density at radius 3 is 2.82 bits per heavy atom. The lowest BCUT2D eigenvalue weighted by molar-refractivity contribution is -0.137. The SMILES string of the molecule is Cc1ccc(OCCNC(=O)CN2C(=O)N[C@]3(CCCC[C@@H]3C)C2=O)c(C)c1. The molecule has 1 saturated heterocycles. The molecule has 1 spiro atoms. The second-order valence-corrected chi connectivity index (χ2v) is 7.91. The van der Waals surface area contributed by atoms with E-state index in [1.165, 1.54) is 0 Å². The van der Waals surface area contributed by atoms with Gasteiger partial charge in [-0.2, -0.15) is 0 Å². The van der Waals surface area contributed by atoms with E-state index >= 15 is 0 Å². The van der Waals surface area contributed by atoms with Crippen LogP contribution in [0.1, 0.15) is 43.7 Å². The van der Waals surface area contributed by atoms with Gasteiger partial charge in [0.25, 0.3) is 5.91 Å². The number of hydrogen-bond acceptors (Lipinski definition) is 4. The number of amides is 4. The van der Waals surface area contributed by atoms with Crippen molar-refractivity contribution in [3.05, 3.63) is 29.3 Å². The van der Waals surface area contributed by atoms with Gasteiger partial charge in [-0.1, -0.05) is 37.5 Å². The molecule has 1 heterocycles. The highest BCUT2D eigenvalue weighted by atomic mass is 16.5. The molecule has 1 saturated carbocycles. The Bertz CT molecular complexity index is 779. The van der Waals surface area contributed by atoms with E-state index in [4.69, 9.17) is 4.74 Å². The smallest absolute Gasteiger partial charge is 0.325 e. The zero-order valence-corrected chi connectivity index (χ0v) is 16.8. The zero-order valence-electron chi connectivity index (χ0n) is 16.8. The number of carbonyl (C=O) groups is 3. The molecule has 1 aromatic carbocycles. The Kier molecular flexibility index (Phi) is 5.91. The van der Waals surface area contributed by atoms with E-state index in [1.807, 2.05) is 39.0 Å². The third kappa shape index (κ3) is 3.98. The summed E-state index contributed by atoms with van der Waals surface area (Å²) in [6.07, 6.45) is 3.52. The summed E-state index contributed by atoms with van der Waals surface area (Å²) in [4.78, 5) is 38.4. The number of urea groups is 1. The second-order valence-electron chi connectivity index (χ2n) is 7.91. The molecule has 0 aromatic heterocycles. The number of carbonyl (C=O) groups excluding carboxylic acids is 3.